The van der Waals surface area contributed by atoms with E-state index in [1.807, 2.05) is 6.08 Å². The molecule has 0 aliphatic rings. The van der Waals surface area contributed by atoms with Crippen LogP contribution < -0.4 is 5.73 Å². The molecule has 12 heavy (non-hydrogen) atoms. The fourth-order valence-corrected chi connectivity index (χ4v) is 0.995. The van der Waals surface area contributed by atoms with Crippen molar-refractivity contribution in [1.29, 1.82) is 0 Å². The monoisotopic (exact) mass is 163 g/mol. The number of aryl methyl sites for hydroxylation is 1. The third-order valence-corrected chi connectivity index (χ3v) is 1.87. The lowest BCUT2D eigenvalue weighted by Gasteiger charge is -2.01. The highest BCUT2D eigenvalue weighted by Crippen LogP contribution is 2.12. The molecule has 0 atom stereocenters. The molecule has 1 aromatic carbocycles. The zero-order chi connectivity index (χ0) is 9.56. The zero-order valence-electron chi connectivity index (χ0n) is 8.09. The molecule has 0 heterocycles. The van der Waals surface area contributed by atoms with E-state index >= 15 is 0 Å². The molecule has 0 bridgehead atoms. The first-order chi connectivity index (χ1) is 5.75. The molecule has 1 heteroatoms. The average molecular weight is 163 g/mol. The van der Waals surface area contributed by atoms with Gasteiger partial charge in [0, 0.05) is 0 Å². The Morgan fingerprint density at radius 3 is 2.25 bits per heavy atom. The van der Waals surface area contributed by atoms with Crippen molar-refractivity contribution < 1.29 is 0 Å². The molecule has 0 aromatic heterocycles. The Morgan fingerprint density at radius 2 is 1.83 bits per heavy atom. The number of hydrogen-bond donors (Lipinski definition) is 1. The first-order valence-corrected chi connectivity index (χ1v) is 4.02. The van der Waals surface area contributed by atoms with Crippen LogP contribution in [0.4, 0.5) is 0 Å². The maximum absolute atomic E-state index is 4.50. The van der Waals surface area contributed by atoms with Crippen LogP contribution in [0.2, 0.25) is 0 Å². The molecular formula is C11H17N. The highest BCUT2D eigenvalue weighted by Gasteiger charge is 1.93. The fourth-order valence-electron chi connectivity index (χ4n) is 0.995. The molecule has 66 valence electrons. The summed E-state index contributed by atoms with van der Waals surface area (Å²) >= 11 is 0. The van der Waals surface area contributed by atoms with Crippen molar-refractivity contribution >= 4 is 6.08 Å². The Labute approximate surface area is 74.9 Å². The largest absolute Gasteiger partial charge is 0.333 e. The van der Waals surface area contributed by atoms with Gasteiger partial charge in [0.2, 0.25) is 0 Å². The molecule has 1 nitrogen and oxygen atoms in total. The average Bonchev–Trinajstić information content (AvgIpc) is 2.13. The summed E-state index contributed by atoms with van der Waals surface area (Å²) in [6.45, 7) is 7.96. The number of benzene rings is 1. The topological polar surface area (TPSA) is 26.0 Å². The van der Waals surface area contributed by atoms with Gasteiger partial charge in [-0.1, -0.05) is 30.9 Å². The molecule has 0 spiro atoms. The van der Waals surface area contributed by atoms with Gasteiger partial charge in [-0.3, -0.25) is 0 Å². The van der Waals surface area contributed by atoms with Gasteiger partial charge >= 0.3 is 0 Å². The van der Waals surface area contributed by atoms with Crippen molar-refractivity contribution in [3.63, 3.8) is 0 Å². The van der Waals surface area contributed by atoms with Crippen molar-refractivity contribution in [3.05, 3.63) is 41.5 Å². The van der Waals surface area contributed by atoms with Crippen LogP contribution in [0, 0.1) is 13.8 Å². The molecule has 0 radical (unpaired) electrons. The van der Waals surface area contributed by atoms with Gasteiger partial charge in [-0.15, -0.1) is 0 Å². The van der Waals surface area contributed by atoms with Crippen LogP contribution >= 0.6 is 0 Å². The molecule has 0 amide bonds. The van der Waals surface area contributed by atoms with Crippen molar-refractivity contribution in [1.82, 2.24) is 0 Å². The second kappa shape index (κ2) is 5.56. The van der Waals surface area contributed by atoms with Crippen molar-refractivity contribution in [2.75, 3.05) is 7.05 Å². The van der Waals surface area contributed by atoms with Gasteiger partial charge < -0.3 is 5.73 Å². The Bertz CT molecular complexity index is 251. The van der Waals surface area contributed by atoms with Crippen LogP contribution in [-0.4, -0.2) is 7.05 Å². The van der Waals surface area contributed by atoms with E-state index < -0.39 is 0 Å². The number of hydrogen-bond acceptors (Lipinski definition) is 1. The van der Waals surface area contributed by atoms with Gasteiger partial charge in [0.15, 0.2) is 0 Å². The van der Waals surface area contributed by atoms with E-state index in [2.05, 4.69) is 44.4 Å². The maximum atomic E-state index is 4.50. The Kier molecular flexibility index (Phi) is 5.06. The highest BCUT2D eigenvalue weighted by molar-refractivity contribution is 5.53. The molecule has 1 aromatic rings. The second-order valence-electron chi connectivity index (χ2n) is 2.49. The zero-order valence-corrected chi connectivity index (χ0v) is 8.09. The van der Waals surface area contributed by atoms with Crippen LogP contribution in [-0.2, 0) is 0 Å². The lowest BCUT2D eigenvalue weighted by atomic mass is 10.0. The molecular weight excluding hydrogens is 146 g/mol. The van der Waals surface area contributed by atoms with Crippen molar-refractivity contribution in [3.8, 4) is 0 Å². The van der Waals surface area contributed by atoms with Crippen molar-refractivity contribution in [2.24, 2.45) is 5.73 Å². The normalized spacial score (nSPS) is 8.33. The first kappa shape index (κ1) is 10.9. The van der Waals surface area contributed by atoms with Crippen LogP contribution in [0.15, 0.2) is 24.8 Å². The highest BCUT2D eigenvalue weighted by atomic mass is 14.4. The van der Waals surface area contributed by atoms with Gasteiger partial charge in [-0.05, 0) is 37.6 Å². The molecule has 2 N–H and O–H groups in total. The third-order valence-electron chi connectivity index (χ3n) is 1.87. The number of rotatable bonds is 1. The minimum Gasteiger partial charge on any atom is -0.333 e. The van der Waals surface area contributed by atoms with E-state index in [-0.39, 0.29) is 0 Å². The predicted molar refractivity (Wildman–Crippen MR) is 56.1 cm³/mol. The predicted octanol–water partition coefficient (Wildman–Crippen LogP) is 2.52. The summed E-state index contributed by atoms with van der Waals surface area (Å²) in [5.74, 6) is 0. The van der Waals surface area contributed by atoms with Crippen molar-refractivity contribution in [2.45, 2.75) is 13.8 Å². The van der Waals surface area contributed by atoms with Gasteiger partial charge in [-0.2, -0.15) is 0 Å². The van der Waals surface area contributed by atoms with E-state index in [1.54, 1.807) is 0 Å². The summed E-state index contributed by atoms with van der Waals surface area (Å²) in [5.41, 5.74) is 8.40. The van der Waals surface area contributed by atoms with Crippen LogP contribution in [0.25, 0.3) is 6.08 Å². The molecule has 1 rings (SSSR count). The molecule has 0 aliphatic heterocycles. The molecule has 0 unspecified atom stereocenters. The Morgan fingerprint density at radius 1 is 1.25 bits per heavy atom. The fraction of sp³-hybridized carbons (Fsp3) is 0.273. The van der Waals surface area contributed by atoms with Gasteiger partial charge in [0.25, 0.3) is 0 Å². The smallest absolute Gasteiger partial charge is 0.0195 e. The first-order valence-electron chi connectivity index (χ1n) is 4.02. The minimum atomic E-state index is 1.24. The summed E-state index contributed by atoms with van der Waals surface area (Å²) < 4.78 is 0. The minimum absolute atomic E-state index is 1.24. The van der Waals surface area contributed by atoms with Crippen LogP contribution in [0.5, 0.6) is 0 Å². The SMILES string of the molecule is C=Cc1cccc(C)c1C.CN. The molecule has 0 saturated carbocycles. The van der Waals surface area contributed by atoms with E-state index in [0.717, 1.165) is 0 Å². The van der Waals surface area contributed by atoms with E-state index in [4.69, 9.17) is 0 Å². The van der Waals surface area contributed by atoms with E-state index in [9.17, 15) is 0 Å². The summed E-state index contributed by atoms with van der Waals surface area (Å²) in [6.07, 6.45) is 1.89. The standard InChI is InChI=1S/C10H12.CH5N/c1-4-10-7-5-6-8(2)9(10)3;1-2/h4-7H,1H2,2-3H3;2H2,1H3. The van der Waals surface area contributed by atoms with Crippen LogP contribution in [0.3, 0.4) is 0 Å². The van der Waals surface area contributed by atoms with Gasteiger partial charge in [-0.25, -0.2) is 0 Å². The lowest BCUT2D eigenvalue weighted by Crippen LogP contribution is -1.83. The summed E-state index contributed by atoms with van der Waals surface area (Å²) in [5, 5.41) is 0. The summed E-state index contributed by atoms with van der Waals surface area (Å²) in [4.78, 5) is 0. The number of nitrogens with two attached hydrogens (primary N) is 1. The summed E-state index contributed by atoms with van der Waals surface area (Å²) in [6, 6.07) is 6.25. The van der Waals surface area contributed by atoms with Gasteiger partial charge in [0.05, 0.1) is 0 Å². The van der Waals surface area contributed by atoms with Crippen LogP contribution in [0.1, 0.15) is 16.7 Å². The maximum Gasteiger partial charge on any atom is -0.0195 e. The Balaban J connectivity index is 0.000000561. The third kappa shape index (κ3) is 2.51. The lowest BCUT2D eigenvalue weighted by molar-refractivity contribution is 1.33. The van der Waals surface area contributed by atoms with E-state index in [0.29, 0.717) is 0 Å². The van der Waals surface area contributed by atoms with Gasteiger partial charge in [0.1, 0.15) is 0 Å². The molecule has 0 saturated heterocycles. The molecule has 0 aliphatic carbocycles. The quantitative estimate of drug-likeness (QED) is 0.676. The molecule has 0 fully saturated rings. The van der Waals surface area contributed by atoms with E-state index in [1.165, 1.54) is 23.7 Å². The second-order valence-corrected chi connectivity index (χ2v) is 2.49. The summed E-state index contributed by atoms with van der Waals surface area (Å²) in [7, 11) is 1.50. The Hall–Kier alpha value is -1.08.